The number of aromatic nitrogens is 3. The van der Waals surface area contributed by atoms with Gasteiger partial charge in [0.25, 0.3) is 0 Å². The van der Waals surface area contributed by atoms with Crippen LogP contribution in [0, 0.1) is 6.92 Å². The van der Waals surface area contributed by atoms with Crippen molar-refractivity contribution in [1.82, 2.24) is 14.3 Å². The third-order valence-electron chi connectivity index (χ3n) is 3.87. The molecule has 23 heavy (non-hydrogen) atoms. The first kappa shape index (κ1) is 15.1. The minimum absolute atomic E-state index is 0.115. The molecule has 3 aromatic rings. The Morgan fingerprint density at radius 2 is 2.13 bits per heavy atom. The molecule has 0 aliphatic heterocycles. The zero-order valence-corrected chi connectivity index (χ0v) is 13.4. The molecule has 0 aliphatic carbocycles. The van der Waals surface area contributed by atoms with Crippen molar-refractivity contribution in [1.29, 1.82) is 0 Å². The van der Waals surface area contributed by atoms with E-state index in [9.17, 15) is 9.90 Å². The van der Waals surface area contributed by atoms with Crippen LogP contribution in [0.25, 0.3) is 16.6 Å². The minimum Gasteiger partial charge on any atom is -0.508 e. The Morgan fingerprint density at radius 1 is 1.35 bits per heavy atom. The predicted octanol–water partition coefficient (Wildman–Crippen LogP) is 3.04. The fourth-order valence-electron chi connectivity index (χ4n) is 2.84. The molecule has 0 unspecified atom stereocenters. The largest absolute Gasteiger partial charge is 0.508 e. The molecule has 1 aromatic carbocycles. The summed E-state index contributed by atoms with van der Waals surface area (Å²) in [5.74, 6) is -0.272. The van der Waals surface area contributed by atoms with E-state index in [1.165, 1.54) is 0 Å². The zero-order valence-electron chi connectivity index (χ0n) is 13.4. The number of nitrogens with zero attached hydrogens (tertiary/aromatic N) is 3. The molecule has 6 nitrogen and oxygen atoms in total. The molecule has 0 radical (unpaired) electrons. The Kier molecular flexibility index (Phi) is 3.82. The second kappa shape index (κ2) is 5.79. The van der Waals surface area contributed by atoms with Gasteiger partial charge in [-0.2, -0.15) is 5.10 Å². The Balaban J connectivity index is 2.29. The average Bonchev–Trinajstić information content (AvgIpc) is 3.08. The number of phenols is 1. The van der Waals surface area contributed by atoms with Crippen molar-refractivity contribution in [2.75, 3.05) is 6.61 Å². The van der Waals surface area contributed by atoms with Gasteiger partial charge < -0.3 is 14.4 Å². The highest BCUT2D eigenvalue weighted by molar-refractivity contribution is 6.06. The van der Waals surface area contributed by atoms with Gasteiger partial charge in [-0.05, 0) is 39.0 Å². The molecule has 0 aliphatic rings. The van der Waals surface area contributed by atoms with E-state index >= 15 is 0 Å². The third-order valence-corrected chi connectivity index (χ3v) is 3.87. The van der Waals surface area contributed by atoms with E-state index in [1.807, 2.05) is 29.3 Å². The standard InChI is InChI=1S/C17H19N3O3/c1-4-19-10-12(9-18-19)20-11(3)16(17(22)23-5-2)14-8-13(21)6-7-15(14)20/h6-10,21H,4-5H2,1-3H3. The second-order valence-corrected chi connectivity index (χ2v) is 5.27. The van der Waals surface area contributed by atoms with Crippen LogP contribution in [0.5, 0.6) is 5.75 Å². The summed E-state index contributed by atoms with van der Waals surface area (Å²) in [7, 11) is 0. The van der Waals surface area contributed by atoms with Gasteiger partial charge in [0.2, 0.25) is 0 Å². The molecular formula is C17H19N3O3. The van der Waals surface area contributed by atoms with Gasteiger partial charge in [-0.25, -0.2) is 4.79 Å². The van der Waals surface area contributed by atoms with Crippen LogP contribution in [0.1, 0.15) is 29.9 Å². The lowest BCUT2D eigenvalue weighted by molar-refractivity contribution is 0.0527. The van der Waals surface area contributed by atoms with Crippen molar-refractivity contribution in [2.45, 2.75) is 27.3 Å². The number of hydrogen-bond donors (Lipinski definition) is 1. The highest BCUT2D eigenvalue weighted by Gasteiger charge is 2.22. The summed E-state index contributed by atoms with van der Waals surface area (Å²) in [5.41, 5.74) is 2.94. The maximum absolute atomic E-state index is 12.4. The molecule has 0 saturated heterocycles. The molecule has 0 spiro atoms. The molecule has 0 atom stereocenters. The van der Waals surface area contributed by atoms with Gasteiger partial charge >= 0.3 is 5.97 Å². The molecule has 1 N–H and O–H groups in total. The maximum atomic E-state index is 12.4. The summed E-state index contributed by atoms with van der Waals surface area (Å²) in [5, 5.41) is 14.8. The van der Waals surface area contributed by atoms with Crippen molar-refractivity contribution in [3.8, 4) is 11.4 Å². The number of benzene rings is 1. The van der Waals surface area contributed by atoms with Crippen LogP contribution in [0.15, 0.2) is 30.6 Å². The molecule has 3 rings (SSSR count). The van der Waals surface area contributed by atoms with Gasteiger partial charge in [0.1, 0.15) is 5.75 Å². The van der Waals surface area contributed by atoms with E-state index in [1.54, 1.807) is 31.3 Å². The highest BCUT2D eigenvalue weighted by Crippen LogP contribution is 2.32. The first-order chi connectivity index (χ1) is 11.1. The summed E-state index contributed by atoms with van der Waals surface area (Å²) in [6, 6.07) is 5.00. The molecule has 2 heterocycles. The molecule has 2 aromatic heterocycles. The monoisotopic (exact) mass is 313 g/mol. The topological polar surface area (TPSA) is 69.3 Å². The fourth-order valence-corrected chi connectivity index (χ4v) is 2.84. The van der Waals surface area contributed by atoms with Crippen LogP contribution in [-0.2, 0) is 11.3 Å². The van der Waals surface area contributed by atoms with Gasteiger partial charge in [-0.3, -0.25) is 4.68 Å². The maximum Gasteiger partial charge on any atom is 0.340 e. The van der Waals surface area contributed by atoms with E-state index in [-0.39, 0.29) is 11.7 Å². The number of esters is 1. The number of carbonyl (C=O) groups is 1. The van der Waals surface area contributed by atoms with Gasteiger partial charge in [-0.1, -0.05) is 0 Å². The summed E-state index contributed by atoms with van der Waals surface area (Å²) < 4.78 is 8.96. The predicted molar refractivity (Wildman–Crippen MR) is 87.1 cm³/mol. The number of fused-ring (bicyclic) bond motifs is 1. The van der Waals surface area contributed by atoms with Gasteiger partial charge in [-0.15, -0.1) is 0 Å². The summed E-state index contributed by atoms with van der Waals surface area (Å²) >= 11 is 0. The van der Waals surface area contributed by atoms with Crippen LogP contribution in [-0.4, -0.2) is 32.0 Å². The van der Waals surface area contributed by atoms with Crippen LogP contribution in [0.4, 0.5) is 0 Å². The van der Waals surface area contributed by atoms with Crippen LogP contribution >= 0.6 is 0 Å². The van der Waals surface area contributed by atoms with Crippen LogP contribution in [0.3, 0.4) is 0 Å². The molecule has 0 bridgehead atoms. The van der Waals surface area contributed by atoms with Crippen LogP contribution in [0.2, 0.25) is 0 Å². The molecule has 6 heteroatoms. The Bertz CT molecular complexity index is 877. The quantitative estimate of drug-likeness (QED) is 0.752. The Morgan fingerprint density at radius 3 is 2.78 bits per heavy atom. The van der Waals surface area contributed by atoms with Crippen molar-refractivity contribution in [3.63, 3.8) is 0 Å². The van der Waals surface area contributed by atoms with Crippen molar-refractivity contribution in [2.24, 2.45) is 0 Å². The van der Waals surface area contributed by atoms with Gasteiger partial charge in [0.15, 0.2) is 0 Å². The number of rotatable bonds is 4. The normalized spacial score (nSPS) is 11.1. The second-order valence-electron chi connectivity index (χ2n) is 5.27. The van der Waals surface area contributed by atoms with Gasteiger partial charge in [0, 0.05) is 23.8 Å². The lowest BCUT2D eigenvalue weighted by atomic mass is 10.1. The lowest BCUT2D eigenvalue weighted by Crippen LogP contribution is -2.06. The molecule has 0 fully saturated rings. The summed E-state index contributed by atoms with van der Waals surface area (Å²) in [4.78, 5) is 12.4. The Labute approximate surface area is 133 Å². The van der Waals surface area contributed by atoms with E-state index < -0.39 is 0 Å². The SMILES string of the molecule is CCOC(=O)c1c(C)n(-c2cnn(CC)c2)c2ccc(O)cc12. The van der Waals surface area contributed by atoms with Crippen molar-refractivity contribution in [3.05, 3.63) is 41.9 Å². The Hall–Kier alpha value is -2.76. The number of carbonyl (C=O) groups excluding carboxylic acids is 1. The van der Waals surface area contributed by atoms with Crippen molar-refractivity contribution < 1.29 is 14.6 Å². The van der Waals surface area contributed by atoms with E-state index in [0.717, 1.165) is 23.4 Å². The minimum atomic E-state index is -0.387. The molecule has 0 saturated carbocycles. The first-order valence-corrected chi connectivity index (χ1v) is 7.60. The number of aryl methyl sites for hydroxylation is 1. The van der Waals surface area contributed by atoms with Crippen LogP contribution < -0.4 is 0 Å². The fraction of sp³-hybridized carbons (Fsp3) is 0.294. The van der Waals surface area contributed by atoms with Gasteiger partial charge in [0.05, 0.1) is 29.6 Å². The molecule has 0 amide bonds. The summed E-state index contributed by atoms with van der Waals surface area (Å²) in [6.07, 6.45) is 3.69. The number of hydrogen-bond acceptors (Lipinski definition) is 4. The van der Waals surface area contributed by atoms with E-state index in [4.69, 9.17) is 4.74 Å². The summed E-state index contributed by atoms with van der Waals surface area (Å²) in [6.45, 7) is 6.72. The molecule has 120 valence electrons. The van der Waals surface area contributed by atoms with E-state index in [0.29, 0.717) is 17.6 Å². The zero-order chi connectivity index (χ0) is 16.6. The average molecular weight is 313 g/mol. The number of phenolic OH excluding ortho intramolecular Hbond substituents is 1. The molecular weight excluding hydrogens is 294 g/mol. The highest BCUT2D eigenvalue weighted by atomic mass is 16.5. The lowest BCUT2D eigenvalue weighted by Gasteiger charge is -2.05. The first-order valence-electron chi connectivity index (χ1n) is 7.60. The smallest absolute Gasteiger partial charge is 0.340 e. The van der Waals surface area contributed by atoms with E-state index in [2.05, 4.69) is 5.10 Å². The third kappa shape index (κ3) is 2.46. The van der Waals surface area contributed by atoms with Crippen molar-refractivity contribution >= 4 is 16.9 Å². The number of ether oxygens (including phenoxy) is 1. The number of aromatic hydroxyl groups is 1.